The van der Waals surface area contributed by atoms with Crippen LogP contribution in [0.2, 0.25) is 5.02 Å². The molecule has 0 unspecified atom stereocenters. The van der Waals surface area contributed by atoms with Crippen LogP contribution in [0.25, 0.3) is 16.9 Å². The predicted molar refractivity (Wildman–Crippen MR) is 138 cm³/mol. The molecule has 3 aromatic heterocycles. The number of halogens is 1. The maximum Gasteiger partial charge on any atom is 0.278 e. The Morgan fingerprint density at radius 3 is 2.77 bits per heavy atom. The van der Waals surface area contributed by atoms with Crippen LogP contribution in [0, 0.1) is 0 Å². The number of nitrogens with one attached hydrogen (secondary N) is 2. The summed E-state index contributed by atoms with van der Waals surface area (Å²) in [7, 11) is 0. The van der Waals surface area contributed by atoms with E-state index in [1.54, 1.807) is 10.9 Å². The summed E-state index contributed by atoms with van der Waals surface area (Å²) in [6.07, 6.45) is 4.47. The highest BCUT2D eigenvalue weighted by atomic mass is 35.5. The van der Waals surface area contributed by atoms with Crippen molar-refractivity contribution in [2.24, 2.45) is 0 Å². The summed E-state index contributed by atoms with van der Waals surface area (Å²) in [4.78, 5) is 27.5. The van der Waals surface area contributed by atoms with Gasteiger partial charge < -0.3 is 10.6 Å². The SMILES string of the molecule is CC(C)(C)c1cccc(-n2c3nc(Nc4cc(Cl)c5c(c4)CCNC5)ncc3c(=O)n2C2CC2)n1. The predicted octanol–water partition coefficient (Wildman–Crippen LogP) is 4.65. The quantitative estimate of drug-likeness (QED) is 0.433. The van der Waals surface area contributed by atoms with Crippen LogP contribution >= 0.6 is 11.6 Å². The first kappa shape index (κ1) is 22.2. The van der Waals surface area contributed by atoms with Gasteiger partial charge in [-0.1, -0.05) is 38.4 Å². The molecule has 0 spiro atoms. The summed E-state index contributed by atoms with van der Waals surface area (Å²) in [5, 5.41) is 7.87. The lowest BCUT2D eigenvalue weighted by Crippen LogP contribution is -2.24. The van der Waals surface area contributed by atoms with E-state index in [-0.39, 0.29) is 17.0 Å². The number of aromatic nitrogens is 5. The van der Waals surface area contributed by atoms with Gasteiger partial charge >= 0.3 is 0 Å². The molecule has 0 bridgehead atoms. The van der Waals surface area contributed by atoms with E-state index in [4.69, 9.17) is 21.6 Å². The van der Waals surface area contributed by atoms with Crippen LogP contribution < -0.4 is 16.2 Å². The number of benzene rings is 1. The summed E-state index contributed by atoms with van der Waals surface area (Å²) >= 11 is 6.55. The Morgan fingerprint density at radius 1 is 1.17 bits per heavy atom. The van der Waals surface area contributed by atoms with Crippen molar-refractivity contribution in [2.45, 2.75) is 58.0 Å². The van der Waals surface area contributed by atoms with Crippen LogP contribution in [0.3, 0.4) is 0 Å². The van der Waals surface area contributed by atoms with E-state index < -0.39 is 0 Å². The van der Waals surface area contributed by atoms with Crippen molar-refractivity contribution >= 4 is 34.3 Å². The Morgan fingerprint density at radius 2 is 2.00 bits per heavy atom. The minimum Gasteiger partial charge on any atom is -0.324 e. The van der Waals surface area contributed by atoms with Gasteiger partial charge in [-0.05, 0) is 61.2 Å². The van der Waals surface area contributed by atoms with Crippen LogP contribution in [0.5, 0.6) is 0 Å². The summed E-state index contributed by atoms with van der Waals surface area (Å²) in [6, 6.07) is 10.1. The second kappa shape index (κ2) is 8.17. The first-order valence-corrected chi connectivity index (χ1v) is 12.4. The fraction of sp³-hybridized carbons (Fsp3) is 0.385. The molecule has 1 aliphatic carbocycles. The molecule has 1 saturated carbocycles. The highest BCUT2D eigenvalue weighted by molar-refractivity contribution is 6.31. The van der Waals surface area contributed by atoms with Gasteiger partial charge in [0.15, 0.2) is 11.5 Å². The molecule has 8 nitrogen and oxygen atoms in total. The summed E-state index contributed by atoms with van der Waals surface area (Å²) in [5.74, 6) is 1.10. The third-order valence-electron chi connectivity index (χ3n) is 6.65. The van der Waals surface area contributed by atoms with Gasteiger partial charge in [0.1, 0.15) is 5.39 Å². The van der Waals surface area contributed by atoms with Crippen molar-refractivity contribution < 1.29 is 0 Å². The van der Waals surface area contributed by atoms with E-state index in [0.717, 1.165) is 54.3 Å². The van der Waals surface area contributed by atoms with E-state index in [1.165, 1.54) is 5.56 Å². The zero-order valence-corrected chi connectivity index (χ0v) is 20.9. The molecule has 1 aromatic carbocycles. The average Bonchev–Trinajstić information content (AvgIpc) is 3.62. The largest absolute Gasteiger partial charge is 0.324 e. The second-order valence-corrected chi connectivity index (χ2v) is 10.8. The molecule has 180 valence electrons. The minimum atomic E-state index is -0.118. The Hall–Kier alpha value is -3.23. The van der Waals surface area contributed by atoms with Gasteiger partial charge in [0.2, 0.25) is 5.95 Å². The Kier molecular flexibility index (Phi) is 5.19. The molecule has 0 amide bonds. The molecular weight excluding hydrogens is 462 g/mol. The molecule has 1 aliphatic heterocycles. The third-order valence-corrected chi connectivity index (χ3v) is 6.99. The molecule has 1 fully saturated rings. The van der Waals surface area contributed by atoms with Crippen molar-refractivity contribution in [3.63, 3.8) is 0 Å². The lowest BCUT2D eigenvalue weighted by atomic mass is 9.92. The number of rotatable bonds is 4. The van der Waals surface area contributed by atoms with Gasteiger partial charge in [-0.2, -0.15) is 4.98 Å². The average molecular weight is 490 g/mol. The van der Waals surface area contributed by atoms with E-state index in [2.05, 4.69) is 42.5 Å². The van der Waals surface area contributed by atoms with Crippen LogP contribution in [0.1, 0.15) is 56.5 Å². The Bertz CT molecular complexity index is 1510. The smallest absolute Gasteiger partial charge is 0.278 e. The minimum absolute atomic E-state index is 0.0821. The van der Waals surface area contributed by atoms with Crippen molar-refractivity contribution in [1.82, 2.24) is 29.6 Å². The van der Waals surface area contributed by atoms with Gasteiger partial charge in [-0.25, -0.2) is 19.3 Å². The first-order valence-electron chi connectivity index (χ1n) is 12.1. The maximum absolute atomic E-state index is 13.4. The van der Waals surface area contributed by atoms with Gasteiger partial charge in [0.25, 0.3) is 5.56 Å². The zero-order valence-electron chi connectivity index (χ0n) is 20.1. The molecule has 0 saturated heterocycles. The number of nitrogens with zero attached hydrogens (tertiary/aromatic N) is 5. The number of pyridine rings is 1. The van der Waals surface area contributed by atoms with E-state index in [9.17, 15) is 4.79 Å². The second-order valence-electron chi connectivity index (χ2n) is 10.4. The maximum atomic E-state index is 13.4. The molecule has 2 aliphatic rings. The third kappa shape index (κ3) is 4.00. The van der Waals surface area contributed by atoms with Crippen molar-refractivity contribution in [3.05, 3.63) is 68.7 Å². The van der Waals surface area contributed by atoms with Crippen molar-refractivity contribution in [2.75, 3.05) is 11.9 Å². The first-order chi connectivity index (χ1) is 16.8. The molecule has 4 aromatic rings. The van der Waals surface area contributed by atoms with E-state index >= 15 is 0 Å². The normalized spacial score (nSPS) is 15.9. The monoisotopic (exact) mass is 489 g/mol. The van der Waals surface area contributed by atoms with Gasteiger partial charge in [0, 0.05) is 34.6 Å². The molecule has 0 atom stereocenters. The topological polar surface area (TPSA) is 89.7 Å². The summed E-state index contributed by atoms with van der Waals surface area (Å²) < 4.78 is 3.66. The van der Waals surface area contributed by atoms with Gasteiger partial charge in [-0.3, -0.25) is 4.79 Å². The van der Waals surface area contributed by atoms with E-state index in [0.29, 0.717) is 22.8 Å². The zero-order chi connectivity index (χ0) is 24.3. The highest BCUT2D eigenvalue weighted by Gasteiger charge is 2.31. The van der Waals surface area contributed by atoms with Crippen LogP contribution in [-0.2, 0) is 18.4 Å². The van der Waals surface area contributed by atoms with Crippen LogP contribution in [0.4, 0.5) is 11.6 Å². The fourth-order valence-electron chi connectivity index (χ4n) is 4.64. The summed E-state index contributed by atoms with van der Waals surface area (Å²) in [5.41, 5.74) is 4.50. The standard InChI is InChI=1S/C26H28ClN7O/c1-26(2,3)21-5-4-6-22(31-21)34-23-19(24(35)33(34)17-7-8-17)14-29-25(32-23)30-16-11-15-9-10-28-13-18(15)20(27)12-16/h4-6,11-12,14,17,28H,7-10,13H2,1-3H3,(H,29,30,32). The molecule has 35 heavy (non-hydrogen) atoms. The van der Waals surface area contributed by atoms with Crippen molar-refractivity contribution in [3.8, 4) is 5.82 Å². The number of hydrogen-bond acceptors (Lipinski definition) is 6. The lowest BCUT2D eigenvalue weighted by Gasteiger charge is -2.20. The Labute approximate surface area is 208 Å². The van der Waals surface area contributed by atoms with Crippen LogP contribution in [0.15, 0.2) is 41.3 Å². The molecule has 2 N–H and O–H groups in total. The number of fused-ring (bicyclic) bond motifs is 2. The molecule has 4 heterocycles. The number of anilines is 2. The molecule has 9 heteroatoms. The van der Waals surface area contributed by atoms with Crippen molar-refractivity contribution in [1.29, 1.82) is 0 Å². The van der Waals surface area contributed by atoms with E-state index in [1.807, 2.05) is 28.9 Å². The van der Waals surface area contributed by atoms with Crippen LogP contribution in [-0.4, -0.2) is 30.9 Å². The fourth-order valence-corrected chi connectivity index (χ4v) is 4.95. The summed E-state index contributed by atoms with van der Waals surface area (Å²) in [6.45, 7) is 8.09. The van der Waals surface area contributed by atoms with Gasteiger partial charge in [-0.15, -0.1) is 0 Å². The molecule has 6 rings (SSSR count). The van der Waals surface area contributed by atoms with Gasteiger partial charge in [0.05, 0.1) is 6.04 Å². The lowest BCUT2D eigenvalue weighted by molar-refractivity contribution is 0.537. The molecule has 0 radical (unpaired) electrons. The number of hydrogen-bond donors (Lipinski definition) is 2. The molecular formula is C26H28ClN7O. The highest BCUT2D eigenvalue weighted by Crippen LogP contribution is 2.36. The Balaban J connectivity index is 1.47.